The Bertz CT molecular complexity index is 488. The molecule has 0 unspecified atom stereocenters. The summed E-state index contributed by atoms with van der Waals surface area (Å²) in [6, 6.07) is 16.1. The van der Waals surface area contributed by atoms with Crippen molar-refractivity contribution in [1.29, 1.82) is 0 Å². The SMILES string of the molecule is CCCCCOc1ccc(-c2ccc(Cl)cc2)cc1. The highest BCUT2D eigenvalue weighted by molar-refractivity contribution is 6.30. The fourth-order valence-corrected chi connectivity index (χ4v) is 2.05. The van der Waals surface area contributed by atoms with Gasteiger partial charge in [0.2, 0.25) is 0 Å². The van der Waals surface area contributed by atoms with Gasteiger partial charge in [-0.1, -0.05) is 55.6 Å². The van der Waals surface area contributed by atoms with Crippen LogP contribution in [0.2, 0.25) is 5.02 Å². The van der Waals surface area contributed by atoms with Crippen LogP contribution >= 0.6 is 11.6 Å². The second-order valence-corrected chi connectivity index (χ2v) is 5.02. The molecular weight excluding hydrogens is 256 g/mol. The molecule has 0 aliphatic heterocycles. The van der Waals surface area contributed by atoms with Gasteiger partial charge in [0.25, 0.3) is 0 Å². The minimum atomic E-state index is 0.764. The fourth-order valence-electron chi connectivity index (χ4n) is 1.93. The van der Waals surface area contributed by atoms with Crippen LogP contribution in [-0.4, -0.2) is 6.61 Å². The van der Waals surface area contributed by atoms with Gasteiger partial charge in [-0.15, -0.1) is 0 Å². The summed E-state index contributed by atoms with van der Waals surface area (Å²) in [5.74, 6) is 0.939. The third kappa shape index (κ3) is 4.29. The number of benzene rings is 2. The quantitative estimate of drug-likeness (QED) is 0.625. The minimum absolute atomic E-state index is 0.764. The maximum Gasteiger partial charge on any atom is 0.119 e. The van der Waals surface area contributed by atoms with Crippen molar-refractivity contribution in [3.63, 3.8) is 0 Å². The van der Waals surface area contributed by atoms with Crippen LogP contribution in [0.15, 0.2) is 48.5 Å². The average Bonchev–Trinajstić information content (AvgIpc) is 2.45. The van der Waals surface area contributed by atoms with E-state index in [0.717, 1.165) is 23.8 Å². The molecule has 0 aromatic heterocycles. The third-order valence-corrected chi connectivity index (χ3v) is 3.30. The second-order valence-electron chi connectivity index (χ2n) is 4.59. The van der Waals surface area contributed by atoms with Crippen molar-refractivity contribution in [2.75, 3.05) is 6.61 Å². The van der Waals surface area contributed by atoms with Crippen molar-refractivity contribution < 1.29 is 4.74 Å². The molecule has 0 N–H and O–H groups in total. The van der Waals surface area contributed by atoms with E-state index < -0.39 is 0 Å². The van der Waals surface area contributed by atoms with E-state index in [-0.39, 0.29) is 0 Å². The lowest BCUT2D eigenvalue weighted by Crippen LogP contribution is -1.96. The van der Waals surface area contributed by atoms with Gasteiger partial charge in [-0.3, -0.25) is 0 Å². The number of unbranched alkanes of at least 4 members (excludes halogenated alkanes) is 2. The van der Waals surface area contributed by atoms with Crippen LogP contribution in [0.1, 0.15) is 26.2 Å². The molecule has 0 saturated heterocycles. The summed E-state index contributed by atoms with van der Waals surface area (Å²) in [5, 5.41) is 0.764. The molecule has 0 radical (unpaired) electrons. The number of ether oxygens (including phenoxy) is 1. The summed E-state index contributed by atoms with van der Waals surface area (Å²) in [6.45, 7) is 3.00. The van der Waals surface area contributed by atoms with Crippen molar-refractivity contribution in [2.45, 2.75) is 26.2 Å². The van der Waals surface area contributed by atoms with Crippen molar-refractivity contribution in [3.8, 4) is 16.9 Å². The summed E-state index contributed by atoms with van der Waals surface area (Å²) in [5.41, 5.74) is 2.35. The van der Waals surface area contributed by atoms with Gasteiger partial charge in [-0.2, -0.15) is 0 Å². The number of halogens is 1. The van der Waals surface area contributed by atoms with E-state index in [9.17, 15) is 0 Å². The molecule has 0 fully saturated rings. The summed E-state index contributed by atoms with van der Waals surface area (Å²) < 4.78 is 5.70. The topological polar surface area (TPSA) is 9.23 Å². The molecule has 0 heterocycles. The highest BCUT2D eigenvalue weighted by Gasteiger charge is 1.99. The highest BCUT2D eigenvalue weighted by atomic mass is 35.5. The first-order chi connectivity index (χ1) is 9.29. The van der Waals surface area contributed by atoms with Crippen molar-refractivity contribution in [3.05, 3.63) is 53.6 Å². The summed E-state index contributed by atoms with van der Waals surface area (Å²) in [6.07, 6.45) is 3.57. The van der Waals surface area contributed by atoms with Crippen molar-refractivity contribution in [2.24, 2.45) is 0 Å². The molecule has 1 nitrogen and oxygen atoms in total. The maximum atomic E-state index is 5.89. The first-order valence-corrected chi connectivity index (χ1v) is 7.16. The van der Waals surface area contributed by atoms with E-state index in [4.69, 9.17) is 16.3 Å². The molecule has 0 aliphatic rings. The van der Waals surface area contributed by atoms with E-state index >= 15 is 0 Å². The predicted molar refractivity (Wildman–Crippen MR) is 81.9 cm³/mol. The molecular formula is C17H19ClO. The molecule has 19 heavy (non-hydrogen) atoms. The smallest absolute Gasteiger partial charge is 0.119 e. The fraction of sp³-hybridized carbons (Fsp3) is 0.294. The minimum Gasteiger partial charge on any atom is -0.494 e. The Hall–Kier alpha value is -1.47. The van der Waals surface area contributed by atoms with Gasteiger partial charge in [0.1, 0.15) is 5.75 Å². The normalized spacial score (nSPS) is 10.4. The van der Waals surface area contributed by atoms with Crippen LogP contribution < -0.4 is 4.74 Å². The number of hydrogen-bond acceptors (Lipinski definition) is 1. The molecule has 2 heteroatoms. The van der Waals surface area contributed by atoms with Crippen molar-refractivity contribution >= 4 is 11.6 Å². The Balaban J connectivity index is 1.96. The molecule has 0 atom stereocenters. The second kappa shape index (κ2) is 7.20. The van der Waals surface area contributed by atoms with Crippen LogP contribution in [0.5, 0.6) is 5.75 Å². The first-order valence-electron chi connectivity index (χ1n) is 6.78. The predicted octanol–water partition coefficient (Wildman–Crippen LogP) is 5.58. The van der Waals surface area contributed by atoms with E-state index in [1.54, 1.807) is 0 Å². The highest BCUT2D eigenvalue weighted by Crippen LogP contribution is 2.24. The lowest BCUT2D eigenvalue weighted by Gasteiger charge is -2.07. The zero-order valence-corrected chi connectivity index (χ0v) is 12.0. The molecule has 0 bridgehead atoms. The van der Waals surface area contributed by atoms with Crippen molar-refractivity contribution in [1.82, 2.24) is 0 Å². The Morgan fingerprint density at radius 1 is 0.842 bits per heavy atom. The van der Waals surface area contributed by atoms with Gasteiger partial charge >= 0.3 is 0 Å². The van der Waals surface area contributed by atoms with Gasteiger partial charge in [-0.25, -0.2) is 0 Å². The van der Waals surface area contributed by atoms with Crippen LogP contribution in [0.25, 0.3) is 11.1 Å². The van der Waals surface area contributed by atoms with E-state index in [0.29, 0.717) is 0 Å². The van der Waals surface area contributed by atoms with Gasteiger partial charge in [0, 0.05) is 5.02 Å². The maximum absolute atomic E-state index is 5.89. The Morgan fingerprint density at radius 3 is 2.00 bits per heavy atom. The Labute approximate surface area is 120 Å². The van der Waals surface area contributed by atoms with Crippen LogP contribution in [-0.2, 0) is 0 Å². The summed E-state index contributed by atoms with van der Waals surface area (Å²) in [4.78, 5) is 0. The molecule has 0 aliphatic carbocycles. The lowest BCUT2D eigenvalue weighted by molar-refractivity contribution is 0.306. The number of rotatable bonds is 6. The standard InChI is InChI=1S/C17H19ClO/c1-2-3-4-13-19-17-11-7-15(8-12-17)14-5-9-16(18)10-6-14/h5-12H,2-4,13H2,1H3. The van der Waals surface area contributed by atoms with E-state index in [2.05, 4.69) is 19.1 Å². The summed E-state index contributed by atoms with van der Waals surface area (Å²) >= 11 is 5.89. The molecule has 0 spiro atoms. The molecule has 2 rings (SSSR count). The molecule has 100 valence electrons. The molecule has 2 aromatic rings. The molecule has 0 amide bonds. The monoisotopic (exact) mass is 274 g/mol. The Morgan fingerprint density at radius 2 is 1.42 bits per heavy atom. The number of hydrogen-bond donors (Lipinski definition) is 0. The average molecular weight is 275 g/mol. The van der Waals surface area contributed by atoms with Gasteiger partial charge in [0.05, 0.1) is 6.61 Å². The van der Waals surface area contributed by atoms with Gasteiger partial charge < -0.3 is 4.74 Å². The van der Waals surface area contributed by atoms with Gasteiger partial charge in [0.15, 0.2) is 0 Å². The van der Waals surface area contributed by atoms with E-state index in [1.165, 1.54) is 24.0 Å². The van der Waals surface area contributed by atoms with Crippen LogP contribution in [0.3, 0.4) is 0 Å². The first kappa shape index (κ1) is 14.0. The molecule has 0 saturated carbocycles. The van der Waals surface area contributed by atoms with Crippen LogP contribution in [0, 0.1) is 0 Å². The van der Waals surface area contributed by atoms with Crippen LogP contribution in [0.4, 0.5) is 0 Å². The zero-order chi connectivity index (χ0) is 13.5. The largest absolute Gasteiger partial charge is 0.494 e. The lowest BCUT2D eigenvalue weighted by atomic mass is 10.1. The molecule has 2 aromatic carbocycles. The third-order valence-electron chi connectivity index (χ3n) is 3.05. The van der Waals surface area contributed by atoms with E-state index in [1.807, 2.05) is 36.4 Å². The summed E-state index contributed by atoms with van der Waals surface area (Å²) in [7, 11) is 0. The zero-order valence-electron chi connectivity index (χ0n) is 11.2. The van der Waals surface area contributed by atoms with Gasteiger partial charge in [-0.05, 0) is 41.8 Å². The Kier molecular flexibility index (Phi) is 5.29.